The quantitative estimate of drug-likeness (QED) is 0.736. The zero-order valence-electron chi connectivity index (χ0n) is 12.5. The molecule has 0 unspecified atom stereocenters. The Balaban J connectivity index is 1.79. The Morgan fingerprint density at radius 3 is 2.63 bits per heavy atom. The molecule has 0 aromatic carbocycles. The third-order valence-electron chi connectivity index (χ3n) is 4.55. The molecule has 2 heterocycles. The fourth-order valence-electron chi connectivity index (χ4n) is 2.92. The first-order valence-corrected chi connectivity index (χ1v) is 7.34. The second-order valence-corrected chi connectivity index (χ2v) is 5.92. The van der Waals surface area contributed by atoms with Crippen molar-refractivity contribution in [3.05, 3.63) is 0 Å². The molecule has 0 N–H and O–H groups in total. The summed E-state index contributed by atoms with van der Waals surface area (Å²) in [5.74, 6) is 0.248. The molecule has 5 heteroatoms. The van der Waals surface area contributed by atoms with E-state index in [-0.39, 0.29) is 5.91 Å². The third-order valence-corrected chi connectivity index (χ3v) is 4.55. The summed E-state index contributed by atoms with van der Waals surface area (Å²) in [6.45, 7) is 6.79. The van der Waals surface area contributed by atoms with E-state index in [0.29, 0.717) is 31.8 Å². The molecule has 5 nitrogen and oxygen atoms in total. The van der Waals surface area contributed by atoms with Crippen LogP contribution < -0.4 is 0 Å². The first-order chi connectivity index (χ1) is 9.08. The number of amides is 1. The van der Waals surface area contributed by atoms with Crippen LogP contribution in [-0.2, 0) is 9.53 Å². The van der Waals surface area contributed by atoms with Crippen LogP contribution in [0.2, 0.25) is 0 Å². The maximum atomic E-state index is 12.2. The normalized spacial score (nSPS) is 29.8. The number of likely N-dealkylation sites (tertiary alicyclic amines) is 1. The molecule has 0 radical (unpaired) electrons. The van der Waals surface area contributed by atoms with Gasteiger partial charge in [0, 0.05) is 25.2 Å². The Labute approximate surface area is 116 Å². The molecule has 2 saturated heterocycles. The van der Waals surface area contributed by atoms with Crippen molar-refractivity contribution in [1.82, 2.24) is 14.7 Å². The molecule has 2 aliphatic heterocycles. The molecule has 110 valence electrons. The molecule has 2 fully saturated rings. The van der Waals surface area contributed by atoms with E-state index in [0.717, 1.165) is 32.5 Å². The number of carbonyl (C=O) groups is 1. The molecular formula is C14H27N3O2. The summed E-state index contributed by atoms with van der Waals surface area (Å²) in [5.41, 5.74) is 0. The SMILES string of the molecule is C[C@H]1C[C@@H](N(C)CC(=O)N2CCOCC2)CCN1C. The van der Waals surface area contributed by atoms with E-state index in [2.05, 4.69) is 30.8 Å². The molecule has 2 atom stereocenters. The van der Waals surface area contributed by atoms with Crippen LogP contribution in [0, 0.1) is 0 Å². The smallest absolute Gasteiger partial charge is 0.236 e. The Morgan fingerprint density at radius 2 is 2.00 bits per heavy atom. The second kappa shape index (κ2) is 6.68. The van der Waals surface area contributed by atoms with Gasteiger partial charge in [0.1, 0.15) is 0 Å². The zero-order valence-corrected chi connectivity index (χ0v) is 12.5. The van der Waals surface area contributed by atoms with Crippen molar-refractivity contribution in [3.63, 3.8) is 0 Å². The summed E-state index contributed by atoms with van der Waals surface area (Å²) in [6.07, 6.45) is 2.32. The molecule has 2 aliphatic rings. The van der Waals surface area contributed by atoms with Gasteiger partial charge in [-0.3, -0.25) is 9.69 Å². The highest BCUT2D eigenvalue weighted by Gasteiger charge is 2.27. The molecule has 0 aromatic rings. The number of likely N-dealkylation sites (N-methyl/N-ethyl adjacent to an activating group) is 1. The van der Waals surface area contributed by atoms with Gasteiger partial charge in [0.05, 0.1) is 19.8 Å². The lowest BCUT2D eigenvalue weighted by molar-refractivity contribution is -0.137. The van der Waals surface area contributed by atoms with Crippen LogP contribution in [0.5, 0.6) is 0 Å². The summed E-state index contributed by atoms with van der Waals surface area (Å²) in [7, 11) is 4.26. The van der Waals surface area contributed by atoms with Crippen molar-refractivity contribution in [2.75, 3.05) is 53.5 Å². The second-order valence-electron chi connectivity index (χ2n) is 5.92. The summed E-state index contributed by atoms with van der Waals surface area (Å²) in [6, 6.07) is 1.15. The molecule has 0 saturated carbocycles. The van der Waals surface area contributed by atoms with Crippen molar-refractivity contribution in [3.8, 4) is 0 Å². The summed E-state index contributed by atoms with van der Waals surface area (Å²) < 4.78 is 5.28. The molecule has 0 spiro atoms. The number of piperidine rings is 1. The molecule has 2 rings (SSSR count). The number of morpholine rings is 1. The Morgan fingerprint density at radius 1 is 1.32 bits per heavy atom. The minimum absolute atomic E-state index is 0.248. The fraction of sp³-hybridized carbons (Fsp3) is 0.929. The van der Waals surface area contributed by atoms with E-state index < -0.39 is 0 Å². The fourth-order valence-corrected chi connectivity index (χ4v) is 2.92. The Kier molecular flexibility index (Phi) is 5.19. The monoisotopic (exact) mass is 269 g/mol. The standard InChI is InChI=1S/C14H27N3O2/c1-12-10-13(4-5-15(12)2)16(3)11-14(18)17-6-8-19-9-7-17/h12-13H,4-11H2,1-3H3/t12-,13-/m0/s1. The number of carbonyl (C=O) groups excluding carboxylic acids is 1. The van der Waals surface area contributed by atoms with E-state index in [1.165, 1.54) is 0 Å². The minimum atomic E-state index is 0.248. The lowest BCUT2D eigenvalue weighted by Gasteiger charge is -2.39. The number of hydrogen-bond acceptors (Lipinski definition) is 4. The van der Waals surface area contributed by atoms with Gasteiger partial charge in [-0.2, -0.15) is 0 Å². The van der Waals surface area contributed by atoms with Crippen molar-refractivity contribution < 1.29 is 9.53 Å². The van der Waals surface area contributed by atoms with Crippen LogP contribution in [0.15, 0.2) is 0 Å². The van der Waals surface area contributed by atoms with E-state index in [9.17, 15) is 4.79 Å². The van der Waals surface area contributed by atoms with Crippen molar-refractivity contribution in [2.45, 2.75) is 31.8 Å². The average Bonchev–Trinajstić information content (AvgIpc) is 2.42. The van der Waals surface area contributed by atoms with Gasteiger partial charge in [-0.15, -0.1) is 0 Å². The largest absolute Gasteiger partial charge is 0.378 e. The molecule has 0 bridgehead atoms. The molecule has 19 heavy (non-hydrogen) atoms. The first-order valence-electron chi connectivity index (χ1n) is 7.34. The number of ether oxygens (including phenoxy) is 1. The topological polar surface area (TPSA) is 36.0 Å². The van der Waals surface area contributed by atoms with Gasteiger partial charge in [-0.05, 0) is 40.4 Å². The molecule has 0 aromatic heterocycles. The summed E-state index contributed by atoms with van der Waals surface area (Å²) in [4.78, 5) is 18.8. The van der Waals surface area contributed by atoms with Crippen LogP contribution in [-0.4, -0.2) is 86.2 Å². The van der Waals surface area contributed by atoms with Gasteiger partial charge >= 0.3 is 0 Å². The van der Waals surface area contributed by atoms with Crippen molar-refractivity contribution in [1.29, 1.82) is 0 Å². The highest BCUT2D eigenvalue weighted by atomic mass is 16.5. The van der Waals surface area contributed by atoms with E-state index in [1.807, 2.05) is 4.90 Å². The summed E-state index contributed by atoms with van der Waals surface area (Å²) >= 11 is 0. The van der Waals surface area contributed by atoms with Gasteiger partial charge in [-0.25, -0.2) is 0 Å². The zero-order chi connectivity index (χ0) is 13.8. The van der Waals surface area contributed by atoms with E-state index >= 15 is 0 Å². The first kappa shape index (κ1) is 14.8. The van der Waals surface area contributed by atoms with Crippen LogP contribution in [0.3, 0.4) is 0 Å². The third kappa shape index (κ3) is 3.91. The number of nitrogens with zero attached hydrogens (tertiary/aromatic N) is 3. The number of rotatable bonds is 3. The van der Waals surface area contributed by atoms with Crippen LogP contribution in [0.1, 0.15) is 19.8 Å². The van der Waals surface area contributed by atoms with Crippen molar-refractivity contribution in [2.24, 2.45) is 0 Å². The molecule has 0 aliphatic carbocycles. The maximum absolute atomic E-state index is 12.2. The number of hydrogen-bond donors (Lipinski definition) is 0. The summed E-state index contributed by atoms with van der Waals surface area (Å²) in [5, 5.41) is 0. The van der Waals surface area contributed by atoms with Gasteiger partial charge in [0.15, 0.2) is 0 Å². The van der Waals surface area contributed by atoms with Gasteiger partial charge < -0.3 is 14.5 Å². The maximum Gasteiger partial charge on any atom is 0.236 e. The van der Waals surface area contributed by atoms with E-state index in [4.69, 9.17) is 4.74 Å². The van der Waals surface area contributed by atoms with Crippen LogP contribution in [0.25, 0.3) is 0 Å². The Bertz CT molecular complexity index is 305. The Hall–Kier alpha value is -0.650. The highest BCUT2D eigenvalue weighted by Crippen LogP contribution is 2.19. The van der Waals surface area contributed by atoms with Crippen molar-refractivity contribution >= 4 is 5.91 Å². The minimum Gasteiger partial charge on any atom is -0.378 e. The van der Waals surface area contributed by atoms with Gasteiger partial charge in [-0.1, -0.05) is 0 Å². The molecular weight excluding hydrogens is 242 g/mol. The van der Waals surface area contributed by atoms with Gasteiger partial charge in [0.2, 0.25) is 5.91 Å². The highest BCUT2D eigenvalue weighted by molar-refractivity contribution is 5.78. The lowest BCUT2D eigenvalue weighted by Crippen LogP contribution is -2.50. The molecule has 1 amide bonds. The van der Waals surface area contributed by atoms with E-state index in [1.54, 1.807) is 0 Å². The lowest BCUT2D eigenvalue weighted by atomic mass is 9.98. The predicted molar refractivity (Wildman–Crippen MR) is 75.1 cm³/mol. The van der Waals surface area contributed by atoms with Gasteiger partial charge in [0.25, 0.3) is 0 Å². The predicted octanol–water partition coefficient (Wildman–Crippen LogP) is 0.260. The average molecular weight is 269 g/mol. The van der Waals surface area contributed by atoms with Crippen LogP contribution in [0.4, 0.5) is 0 Å². The van der Waals surface area contributed by atoms with Crippen LogP contribution >= 0.6 is 0 Å².